The van der Waals surface area contributed by atoms with E-state index in [1.165, 1.54) is 0 Å². The van der Waals surface area contributed by atoms with Crippen molar-refractivity contribution in [3.63, 3.8) is 0 Å². The second-order valence-electron chi connectivity index (χ2n) is 7.27. The minimum absolute atomic E-state index is 0.178. The van der Waals surface area contributed by atoms with Gasteiger partial charge in [0.05, 0.1) is 14.2 Å². The number of ether oxygens (including phenoxy) is 2. The van der Waals surface area contributed by atoms with E-state index in [9.17, 15) is 9.90 Å². The molecule has 1 atom stereocenters. The van der Waals surface area contributed by atoms with Crippen LogP contribution in [0.2, 0.25) is 0 Å². The van der Waals surface area contributed by atoms with E-state index in [1.54, 1.807) is 26.0 Å². The number of benzene rings is 2. The molecule has 0 radical (unpaired) electrons. The number of methoxy groups -OCH3 is 2. The van der Waals surface area contributed by atoms with E-state index in [1.807, 2.05) is 42.5 Å². The summed E-state index contributed by atoms with van der Waals surface area (Å²) >= 11 is 0. The summed E-state index contributed by atoms with van der Waals surface area (Å²) < 4.78 is 16.2. The van der Waals surface area contributed by atoms with Crippen LogP contribution < -0.4 is 9.47 Å². The molecule has 156 valence electrons. The Morgan fingerprint density at radius 3 is 2.43 bits per heavy atom. The van der Waals surface area contributed by atoms with E-state index in [0.717, 1.165) is 16.7 Å². The Bertz CT molecular complexity index is 1060. The third-order valence-corrected chi connectivity index (χ3v) is 5.36. The zero-order chi connectivity index (χ0) is 21.3. The second kappa shape index (κ2) is 8.20. The van der Waals surface area contributed by atoms with E-state index in [4.69, 9.17) is 14.0 Å². The van der Waals surface area contributed by atoms with Gasteiger partial charge in [0.2, 0.25) is 0 Å². The molecule has 0 fully saturated rings. The van der Waals surface area contributed by atoms with E-state index < -0.39 is 6.10 Å². The highest BCUT2D eigenvalue weighted by Crippen LogP contribution is 2.35. The number of aliphatic hydroxyl groups excluding tert-OH is 1. The Labute approximate surface area is 174 Å². The SMILES string of the molecule is COc1cc2c(cc1OC)CN(C(=O)c1c(-c3ccccc3)noc1C(C)O)CC2. The molecule has 1 N–H and O–H groups in total. The highest BCUT2D eigenvalue weighted by Gasteiger charge is 2.32. The summed E-state index contributed by atoms with van der Waals surface area (Å²) in [5.41, 5.74) is 3.64. The van der Waals surface area contributed by atoms with Crippen molar-refractivity contribution in [2.45, 2.75) is 26.0 Å². The highest BCUT2D eigenvalue weighted by molar-refractivity contribution is 6.01. The molecule has 30 heavy (non-hydrogen) atoms. The first-order valence-electron chi connectivity index (χ1n) is 9.79. The first-order chi connectivity index (χ1) is 14.5. The van der Waals surface area contributed by atoms with Crippen molar-refractivity contribution < 1.29 is 23.9 Å². The van der Waals surface area contributed by atoms with Gasteiger partial charge in [0, 0.05) is 18.7 Å². The molecule has 1 aliphatic heterocycles. The molecule has 1 unspecified atom stereocenters. The summed E-state index contributed by atoms with van der Waals surface area (Å²) in [6.45, 7) is 2.53. The van der Waals surface area contributed by atoms with Crippen LogP contribution in [0.4, 0.5) is 0 Å². The summed E-state index contributed by atoms with van der Waals surface area (Å²) in [7, 11) is 3.20. The molecule has 0 saturated heterocycles. The molecular weight excluding hydrogens is 384 g/mol. The fraction of sp³-hybridized carbons (Fsp3) is 0.304. The molecule has 4 rings (SSSR count). The first-order valence-corrected chi connectivity index (χ1v) is 9.79. The number of aromatic nitrogens is 1. The zero-order valence-corrected chi connectivity index (χ0v) is 17.2. The van der Waals surface area contributed by atoms with Gasteiger partial charge in [-0.1, -0.05) is 35.5 Å². The van der Waals surface area contributed by atoms with Crippen LogP contribution in [0, 0.1) is 0 Å². The van der Waals surface area contributed by atoms with E-state index in [-0.39, 0.29) is 11.7 Å². The van der Waals surface area contributed by atoms with Crippen LogP contribution in [-0.2, 0) is 13.0 Å². The lowest BCUT2D eigenvalue weighted by Crippen LogP contribution is -2.36. The van der Waals surface area contributed by atoms with Crippen LogP contribution in [0.25, 0.3) is 11.3 Å². The summed E-state index contributed by atoms with van der Waals surface area (Å²) in [6, 6.07) is 13.2. The maximum atomic E-state index is 13.5. The van der Waals surface area contributed by atoms with Crippen molar-refractivity contribution in [1.29, 1.82) is 0 Å². The molecule has 0 spiro atoms. The Hall–Kier alpha value is -3.32. The van der Waals surface area contributed by atoms with Gasteiger partial charge in [0.1, 0.15) is 17.4 Å². The van der Waals surface area contributed by atoms with Gasteiger partial charge in [0.25, 0.3) is 5.91 Å². The van der Waals surface area contributed by atoms with Crippen LogP contribution in [0.5, 0.6) is 11.5 Å². The molecule has 0 saturated carbocycles. The molecule has 7 heteroatoms. The highest BCUT2D eigenvalue weighted by atomic mass is 16.5. The maximum Gasteiger partial charge on any atom is 0.260 e. The van der Waals surface area contributed by atoms with Gasteiger partial charge in [-0.3, -0.25) is 4.79 Å². The third kappa shape index (κ3) is 3.52. The smallest absolute Gasteiger partial charge is 0.260 e. The Balaban J connectivity index is 1.70. The number of carbonyl (C=O) groups is 1. The van der Waals surface area contributed by atoms with Gasteiger partial charge in [-0.2, -0.15) is 0 Å². The van der Waals surface area contributed by atoms with Crippen molar-refractivity contribution in [3.8, 4) is 22.8 Å². The number of hydrogen-bond acceptors (Lipinski definition) is 6. The van der Waals surface area contributed by atoms with Crippen LogP contribution in [0.15, 0.2) is 47.0 Å². The molecule has 2 aromatic carbocycles. The van der Waals surface area contributed by atoms with Crippen molar-refractivity contribution in [2.24, 2.45) is 0 Å². The van der Waals surface area contributed by atoms with Crippen molar-refractivity contribution in [1.82, 2.24) is 10.1 Å². The summed E-state index contributed by atoms with van der Waals surface area (Å²) in [4.78, 5) is 15.3. The van der Waals surface area contributed by atoms with Crippen LogP contribution in [0.1, 0.15) is 40.3 Å². The molecule has 1 aromatic heterocycles. The van der Waals surface area contributed by atoms with Gasteiger partial charge in [0.15, 0.2) is 17.3 Å². The second-order valence-corrected chi connectivity index (χ2v) is 7.27. The standard InChI is InChI=1S/C23H24N2O5/c1-14(26)22-20(21(24-30-22)15-7-5-4-6-8-15)23(27)25-10-9-16-11-18(28-2)19(29-3)12-17(16)13-25/h4-8,11-12,14,26H,9-10,13H2,1-3H3. The van der Waals surface area contributed by atoms with Gasteiger partial charge in [-0.15, -0.1) is 0 Å². The number of fused-ring (bicyclic) bond motifs is 1. The summed E-state index contributed by atoms with van der Waals surface area (Å²) in [5.74, 6) is 1.27. The monoisotopic (exact) mass is 408 g/mol. The Kier molecular flexibility index (Phi) is 5.46. The minimum atomic E-state index is -0.949. The molecular formula is C23H24N2O5. The number of rotatable bonds is 5. The predicted octanol–water partition coefficient (Wildman–Crippen LogP) is 3.61. The fourth-order valence-electron chi connectivity index (χ4n) is 3.80. The van der Waals surface area contributed by atoms with Crippen molar-refractivity contribution >= 4 is 5.91 Å². The number of nitrogens with zero attached hydrogens (tertiary/aromatic N) is 2. The quantitative estimate of drug-likeness (QED) is 0.694. The van der Waals surface area contributed by atoms with Crippen molar-refractivity contribution in [2.75, 3.05) is 20.8 Å². The largest absolute Gasteiger partial charge is 0.493 e. The zero-order valence-electron chi connectivity index (χ0n) is 17.2. The average molecular weight is 408 g/mol. The average Bonchev–Trinajstić information content (AvgIpc) is 3.23. The first kappa shape index (κ1) is 20.0. The molecule has 7 nitrogen and oxygen atoms in total. The number of hydrogen-bond donors (Lipinski definition) is 1. The predicted molar refractivity (Wildman–Crippen MR) is 111 cm³/mol. The molecule has 0 aliphatic carbocycles. The number of carbonyl (C=O) groups excluding carboxylic acids is 1. The summed E-state index contributed by atoms with van der Waals surface area (Å²) in [6.07, 6.45) is -0.257. The lowest BCUT2D eigenvalue weighted by atomic mass is 9.97. The van der Waals surface area contributed by atoms with Crippen LogP contribution >= 0.6 is 0 Å². The topological polar surface area (TPSA) is 85.0 Å². The minimum Gasteiger partial charge on any atom is -0.493 e. The fourth-order valence-corrected chi connectivity index (χ4v) is 3.80. The van der Waals surface area contributed by atoms with E-state index in [2.05, 4.69) is 5.16 Å². The Morgan fingerprint density at radius 2 is 1.80 bits per heavy atom. The van der Waals surface area contributed by atoms with E-state index >= 15 is 0 Å². The molecule has 2 heterocycles. The molecule has 0 bridgehead atoms. The van der Waals surface area contributed by atoms with Gasteiger partial charge < -0.3 is 24.0 Å². The Morgan fingerprint density at radius 1 is 1.13 bits per heavy atom. The van der Waals surface area contributed by atoms with E-state index in [0.29, 0.717) is 42.3 Å². The van der Waals surface area contributed by atoms with Crippen LogP contribution in [-0.4, -0.2) is 41.8 Å². The van der Waals surface area contributed by atoms with Crippen molar-refractivity contribution in [3.05, 3.63) is 64.9 Å². The van der Waals surface area contributed by atoms with Gasteiger partial charge in [-0.05, 0) is 36.6 Å². The molecule has 3 aromatic rings. The number of aliphatic hydroxyl groups is 1. The molecule has 1 amide bonds. The lowest BCUT2D eigenvalue weighted by molar-refractivity contribution is 0.0723. The lowest BCUT2D eigenvalue weighted by Gasteiger charge is -2.30. The van der Waals surface area contributed by atoms with Crippen LogP contribution in [0.3, 0.4) is 0 Å². The normalized spacial score (nSPS) is 14.2. The summed E-state index contributed by atoms with van der Waals surface area (Å²) in [5, 5.41) is 14.3. The van der Waals surface area contributed by atoms with Gasteiger partial charge in [-0.25, -0.2) is 0 Å². The van der Waals surface area contributed by atoms with Gasteiger partial charge >= 0.3 is 0 Å². The third-order valence-electron chi connectivity index (χ3n) is 5.36. The maximum absolute atomic E-state index is 13.5. The number of amides is 1. The molecule has 1 aliphatic rings.